The van der Waals surface area contributed by atoms with Crippen LogP contribution in [0.25, 0.3) is 5.65 Å². The van der Waals surface area contributed by atoms with Crippen LogP contribution in [-0.4, -0.2) is 56.5 Å². The van der Waals surface area contributed by atoms with Crippen molar-refractivity contribution < 1.29 is 35.5 Å². The number of fused-ring (bicyclic) bond motifs is 3. The van der Waals surface area contributed by atoms with Gasteiger partial charge in [0.25, 0.3) is 0 Å². The third-order valence-corrected chi connectivity index (χ3v) is 6.21. The molecule has 8 nitrogen and oxygen atoms in total. The van der Waals surface area contributed by atoms with E-state index in [1.54, 1.807) is 4.90 Å². The van der Waals surface area contributed by atoms with E-state index in [9.17, 15) is 30.7 Å². The normalized spacial score (nSPS) is 22.6. The molecule has 2 bridgehead atoms. The van der Waals surface area contributed by atoms with E-state index >= 15 is 0 Å². The molecule has 3 aromatic rings. The van der Waals surface area contributed by atoms with E-state index < -0.39 is 41.9 Å². The Morgan fingerprint density at radius 3 is 2.40 bits per heavy atom. The molecule has 0 radical (unpaired) electrons. The SMILES string of the molecule is Fc1cncnc1N1CC2CCC(C1)C2Nc1nc2c(OCC(F)(F)F)ccc(C(F)(F)F)n2n1. The molecule has 2 unspecified atom stereocenters. The van der Waals surface area contributed by atoms with Crippen molar-refractivity contribution in [2.75, 3.05) is 29.9 Å². The highest BCUT2D eigenvalue weighted by Crippen LogP contribution is 2.40. The van der Waals surface area contributed by atoms with Gasteiger partial charge in [-0.3, -0.25) is 0 Å². The maximum atomic E-state index is 14.1. The van der Waals surface area contributed by atoms with E-state index in [-0.39, 0.29) is 29.6 Å². The Morgan fingerprint density at radius 2 is 1.77 bits per heavy atom. The predicted octanol–water partition coefficient (Wildman–Crippen LogP) is 3.95. The summed E-state index contributed by atoms with van der Waals surface area (Å²) in [6, 6.07) is 1.17. The van der Waals surface area contributed by atoms with Gasteiger partial charge in [0, 0.05) is 19.1 Å². The van der Waals surface area contributed by atoms with Crippen molar-refractivity contribution in [1.82, 2.24) is 24.6 Å². The number of hydrogen-bond acceptors (Lipinski definition) is 7. The molecule has 1 saturated carbocycles. The van der Waals surface area contributed by atoms with Gasteiger partial charge in [0.1, 0.15) is 12.0 Å². The van der Waals surface area contributed by atoms with Crippen molar-refractivity contribution in [2.24, 2.45) is 11.8 Å². The molecular weight excluding hydrogens is 487 g/mol. The number of piperidine rings is 1. The lowest BCUT2D eigenvalue weighted by Crippen LogP contribution is -2.48. The lowest BCUT2D eigenvalue weighted by Gasteiger charge is -2.38. The van der Waals surface area contributed by atoms with Crippen LogP contribution < -0.4 is 15.0 Å². The van der Waals surface area contributed by atoms with Gasteiger partial charge in [0.2, 0.25) is 5.95 Å². The van der Waals surface area contributed by atoms with E-state index in [1.807, 2.05) is 0 Å². The van der Waals surface area contributed by atoms with Crippen molar-refractivity contribution in [3.05, 3.63) is 36.2 Å². The quantitative estimate of drug-likeness (QED) is 0.526. The van der Waals surface area contributed by atoms with Gasteiger partial charge in [-0.15, -0.1) is 5.10 Å². The Hall–Kier alpha value is -3.39. The molecule has 1 N–H and O–H groups in total. The first-order chi connectivity index (χ1) is 16.5. The molecule has 4 heterocycles. The standard InChI is InChI=1S/C20H18F7N7O/c21-12-5-28-9-29-16(12)33-6-10-1-2-11(7-33)15(10)30-18-31-17-13(35-8-19(22,23)24)3-4-14(20(25,26)27)34(17)32-18/h3-5,9-11,15H,1-2,6-8H2,(H,30,32). The molecule has 0 aromatic carbocycles. The van der Waals surface area contributed by atoms with Crippen molar-refractivity contribution in [3.8, 4) is 5.75 Å². The average molecular weight is 505 g/mol. The van der Waals surface area contributed by atoms with Gasteiger partial charge in [-0.25, -0.2) is 18.9 Å². The van der Waals surface area contributed by atoms with Crippen LogP contribution in [0.5, 0.6) is 5.75 Å². The zero-order chi connectivity index (χ0) is 25.0. The average Bonchev–Trinajstić information content (AvgIpc) is 3.28. The van der Waals surface area contributed by atoms with Crippen molar-refractivity contribution in [3.63, 3.8) is 0 Å². The number of anilines is 2. The number of pyridine rings is 1. The molecule has 188 valence electrons. The number of rotatable bonds is 5. The summed E-state index contributed by atoms with van der Waals surface area (Å²) >= 11 is 0. The van der Waals surface area contributed by atoms with Crippen LogP contribution in [0.15, 0.2) is 24.7 Å². The van der Waals surface area contributed by atoms with Gasteiger partial charge in [-0.2, -0.15) is 31.3 Å². The summed E-state index contributed by atoms with van der Waals surface area (Å²) in [6.07, 6.45) is -5.61. The topological polar surface area (TPSA) is 80.5 Å². The maximum absolute atomic E-state index is 14.1. The van der Waals surface area contributed by atoms with Crippen LogP contribution in [0.3, 0.4) is 0 Å². The largest absolute Gasteiger partial charge is 0.480 e. The first-order valence-electron chi connectivity index (χ1n) is 10.6. The molecule has 2 aliphatic rings. The minimum Gasteiger partial charge on any atom is -0.480 e. The number of nitrogens with zero attached hydrogens (tertiary/aromatic N) is 6. The lowest BCUT2D eigenvalue weighted by atomic mass is 9.92. The highest BCUT2D eigenvalue weighted by molar-refractivity contribution is 5.57. The van der Waals surface area contributed by atoms with Crippen LogP contribution in [0, 0.1) is 17.7 Å². The second-order valence-electron chi connectivity index (χ2n) is 8.52. The number of nitrogens with one attached hydrogen (secondary N) is 1. The van der Waals surface area contributed by atoms with Crippen LogP contribution in [0.1, 0.15) is 18.5 Å². The number of halogens is 7. The second kappa shape index (κ2) is 8.37. The minimum absolute atomic E-state index is 0.00207. The van der Waals surface area contributed by atoms with Crippen LogP contribution in [0.4, 0.5) is 42.5 Å². The summed E-state index contributed by atoms with van der Waals surface area (Å²) in [5.74, 6) is -1.01. The number of ether oxygens (including phenoxy) is 1. The molecule has 2 fully saturated rings. The molecule has 15 heteroatoms. The summed E-state index contributed by atoms with van der Waals surface area (Å²) < 4.78 is 97.5. The van der Waals surface area contributed by atoms with Gasteiger partial charge in [0.05, 0.1) is 6.20 Å². The maximum Gasteiger partial charge on any atom is 0.433 e. The Kier molecular flexibility index (Phi) is 5.59. The second-order valence-corrected chi connectivity index (χ2v) is 8.52. The monoisotopic (exact) mass is 505 g/mol. The Labute approximate surface area is 193 Å². The van der Waals surface area contributed by atoms with Crippen molar-refractivity contribution in [2.45, 2.75) is 31.2 Å². The third kappa shape index (κ3) is 4.62. The van der Waals surface area contributed by atoms with Gasteiger partial charge in [-0.1, -0.05) is 0 Å². The smallest absolute Gasteiger partial charge is 0.433 e. The van der Waals surface area contributed by atoms with E-state index in [4.69, 9.17) is 0 Å². The fourth-order valence-corrected chi connectivity index (χ4v) is 4.81. The molecule has 1 aliphatic heterocycles. The first-order valence-corrected chi connectivity index (χ1v) is 10.6. The van der Waals surface area contributed by atoms with Gasteiger partial charge < -0.3 is 15.0 Å². The molecule has 0 amide bonds. The summed E-state index contributed by atoms with van der Waals surface area (Å²) in [5, 5.41) is 6.94. The molecule has 3 aromatic heterocycles. The summed E-state index contributed by atoms with van der Waals surface area (Å²) in [7, 11) is 0. The molecule has 5 rings (SSSR count). The molecular formula is C20H18F7N7O. The van der Waals surface area contributed by atoms with E-state index in [0.29, 0.717) is 23.7 Å². The molecule has 2 atom stereocenters. The summed E-state index contributed by atoms with van der Waals surface area (Å²) in [4.78, 5) is 13.5. The van der Waals surface area contributed by atoms with Crippen LogP contribution in [0.2, 0.25) is 0 Å². The number of aromatic nitrogens is 5. The van der Waals surface area contributed by atoms with Gasteiger partial charge in [-0.05, 0) is 36.8 Å². The first kappa shape index (κ1) is 23.4. The number of alkyl halides is 6. The molecule has 1 aliphatic carbocycles. The van der Waals surface area contributed by atoms with E-state index in [2.05, 4.69) is 30.1 Å². The molecule has 35 heavy (non-hydrogen) atoms. The number of hydrogen-bond donors (Lipinski definition) is 1. The molecule has 1 saturated heterocycles. The van der Waals surface area contributed by atoms with Crippen molar-refractivity contribution >= 4 is 17.4 Å². The van der Waals surface area contributed by atoms with Gasteiger partial charge >= 0.3 is 12.4 Å². The fourth-order valence-electron chi connectivity index (χ4n) is 4.81. The highest BCUT2D eigenvalue weighted by atomic mass is 19.4. The Morgan fingerprint density at radius 1 is 1.06 bits per heavy atom. The van der Waals surface area contributed by atoms with Gasteiger partial charge in [0.15, 0.2) is 29.6 Å². The zero-order valence-corrected chi connectivity index (χ0v) is 17.8. The Bertz CT molecular complexity index is 1210. The zero-order valence-electron chi connectivity index (χ0n) is 17.8. The predicted molar refractivity (Wildman–Crippen MR) is 107 cm³/mol. The van der Waals surface area contributed by atoms with Crippen molar-refractivity contribution in [1.29, 1.82) is 0 Å². The summed E-state index contributed by atoms with van der Waals surface area (Å²) in [6.45, 7) is -0.793. The highest BCUT2D eigenvalue weighted by Gasteiger charge is 2.44. The third-order valence-electron chi connectivity index (χ3n) is 6.21. The summed E-state index contributed by atoms with van der Waals surface area (Å²) in [5.41, 5.74) is -1.69. The Balaban J connectivity index is 1.41. The van der Waals surface area contributed by atoms with E-state index in [0.717, 1.165) is 25.1 Å². The molecule has 0 spiro atoms. The van der Waals surface area contributed by atoms with Crippen LogP contribution >= 0.6 is 0 Å². The van der Waals surface area contributed by atoms with E-state index in [1.165, 1.54) is 6.33 Å². The lowest BCUT2D eigenvalue weighted by molar-refractivity contribution is -0.153. The minimum atomic E-state index is -4.82. The fraction of sp³-hybridized carbons (Fsp3) is 0.500. The van der Waals surface area contributed by atoms with Crippen LogP contribution in [-0.2, 0) is 6.18 Å².